The maximum atomic E-state index is 5.34. The molecule has 9 aromatic rings. The summed E-state index contributed by atoms with van der Waals surface area (Å²) in [6, 6.07) is 66.8. The minimum Gasteiger partial charge on any atom is -0.310 e. The molecule has 0 fully saturated rings. The molecular formula is C45H31N3. The first-order chi connectivity index (χ1) is 23.8. The van der Waals surface area contributed by atoms with E-state index in [4.69, 9.17) is 4.98 Å². The summed E-state index contributed by atoms with van der Waals surface area (Å²) in [5.41, 5.74) is 9.86. The largest absolute Gasteiger partial charge is 0.310 e. The number of fused-ring (bicyclic) bond motifs is 4. The number of rotatable bonds is 6. The molecule has 0 amide bonds. The zero-order chi connectivity index (χ0) is 31.9. The van der Waals surface area contributed by atoms with Crippen molar-refractivity contribution >= 4 is 49.6 Å². The van der Waals surface area contributed by atoms with Crippen LogP contribution in [0.15, 0.2) is 188 Å². The number of nitrogens with zero attached hydrogens (tertiary/aromatic N) is 3. The second kappa shape index (κ2) is 11.7. The van der Waals surface area contributed by atoms with Crippen LogP contribution in [-0.4, -0.2) is 9.55 Å². The van der Waals surface area contributed by atoms with Gasteiger partial charge in [-0.1, -0.05) is 127 Å². The quantitative estimate of drug-likeness (QED) is 0.186. The summed E-state index contributed by atoms with van der Waals surface area (Å²) in [6.45, 7) is 0. The standard InChI is InChI=1S/C45H31N3/c1-3-16-38(17-4-1)47(40-27-24-33(25-28-40)36-23-22-32-12-7-8-14-35(32)30-36)41-20-11-15-37(31-41)45-46-44-42-21-10-9-13-34(42)26-29-43(44)48(45)39-18-5-2-6-19-39/h1-31H. The van der Waals surface area contributed by atoms with Crippen molar-refractivity contribution < 1.29 is 0 Å². The minimum atomic E-state index is 0.911. The van der Waals surface area contributed by atoms with Crippen molar-refractivity contribution in [2.75, 3.05) is 4.90 Å². The molecule has 0 aliphatic carbocycles. The molecule has 9 rings (SSSR count). The number of benzene rings is 8. The van der Waals surface area contributed by atoms with E-state index in [0.717, 1.165) is 50.6 Å². The smallest absolute Gasteiger partial charge is 0.145 e. The predicted octanol–water partition coefficient (Wildman–Crippen LogP) is 12.1. The zero-order valence-electron chi connectivity index (χ0n) is 26.2. The van der Waals surface area contributed by atoms with E-state index in [0.29, 0.717) is 0 Å². The van der Waals surface area contributed by atoms with E-state index in [9.17, 15) is 0 Å². The van der Waals surface area contributed by atoms with E-state index >= 15 is 0 Å². The lowest BCUT2D eigenvalue weighted by Gasteiger charge is -2.26. The lowest BCUT2D eigenvalue weighted by Crippen LogP contribution is -2.10. The third kappa shape index (κ3) is 4.90. The average Bonchev–Trinajstić information content (AvgIpc) is 3.56. The number of hydrogen-bond donors (Lipinski definition) is 0. The first-order valence-corrected chi connectivity index (χ1v) is 16.3. The molecule has 8 aromatic carbocycles. The normalized spacial score (nSPS) is 11.3. The molecule has 0 unspecified atom stereocenters. The number of anilines is 3. The summed E-state index contributed by atoms with van der Waals surface area (Å²) in [5.74, 6) is 0.911. The number of para-hydroxylation sites is 2. The number of imidazole rings is 1. The summed E-state index contributed by atoms with van der Waals surface area (Å²) in [5, 5.41) is 4.84. The van der Waals surface area contributed by atoms with Gasteiger partial charge in [0.2, 0.25) is 0 Å². The molecule has 0 bridgehead atoms. The van der Waals surface area contributed by atoms with Crippen LogP contribution in [0, 0.1) is 0 Å². The molecule has 226 valence electrons. The molecule has 0 N–H and O–H groups in total. The van der Waals surface area contributed by atoms with Crippen molar-refractivity contribution in [3.63, 3.8) is 0 Å². The van der Waals surface area contributed by atoms with Crippen LogP contribution in [0.3, 0.4) is 0 Å². The molecular weight excluding hydrogens is 583 g/mol. The maximum Gasteiger partial charge on any atom is 0.145 e. The van der Waals surface area contributed by atoms with Crippen molar-refractivity contribution in [1.29, 1.82) is 0 Å². The van der Waals surface area contributed by atoms with Gasteiger partial charge in [0.05, 0.1) is 11.0 Å². The van der Waals surface area contributed by atoms with E-state index in [2.05, 4.69) is 198 Å². The summed E-state index contributed by atoms with van der Waals surface area (Å²) in [6.07, 6.45) is 0. The molecule has 1 aromatic heterocycles. The summed E-state index contributed by atoms with van der Waals surface area (Å²) < 4.78 is 2.28. The molecule has 0 radical (unpaired) electrons. The first kappa shape index (κ1) is 27.8. The molecule has 3 heteroatoms. The lowest BCUT2D eigenvalue weighted by molar-refractivity contribution is 1.10. The second-order valence-corrected chi connectivity index (χ2v) is 12.1. The Morgan fingerprint density at radius 3 is 1.83 bits per heavy atom. The molecule has 48 heavy (non-hydrogen) atoms. The Morgan fingerprint density at radius 1 is 0.396 bits per heavy atom. The van der Waals surface area contributed by atoms with Crippen molar-refractivity contribution in [3.05, 3.63) is 188 Å². The second-order valence-electron chi connectivity index (χ2n) is 12.1. The monoisotopic (exact) mass is 613 g/mol. The highest BCUT2D eigenvalue weighted by Gasteiger charge is 2.19. The molecule has 1 heterocycles. The van der Waals surface area contributed by atoms with Crippen LogP contribution in [0.2, 0.25) is 0 Å². The Bertz CT molecular complexity index is 2550. The van der Waals surface area contributed by atoms with Gasteiger partial charge in [0.25, 0.3) is 0 Å². The Balaban J connectivity index is 1.18. The van der Waals surface area contributed by atoms with Crippen LogP contribution >= 0.6 is 0 Å². The highest BCUT2D eigenvalue weighted by Crippen LogP contribution is 2.39. The van der Waals surface area contributed by atoms with Crippen molar-refractivity contribution in [3.8, 4) is 28.2 Å². The van der Waals surface area contributed by atoms with Crippen LogP contribution < -0.4 is 4.90 Å². The molecule has 0 spiro atoms. The highest BCUT2D eigenvalue weighted by atomic mass is 15.1. The van der Waals surface area contributed by atoms with E-state index in [1.165, 1.54) is 27.3 Å². The van der Waals surface area contributed by atoms with Gasteiger partial charge >= 0.3 is 0 Å². The van der Waals surface area contributed by atoms with E-state index < -0.39 is 0 Å². The van der Waals surface area contributed by atoms with Gasteiger partial charge in [-0.2, -0.15) is 0 Å². The molecule has 3 nitrogen and oxygen atoms in total. The van der Waals surface area contributed by atoms with Crippen LogP contribution in [0.5, 0.6) is 0 Å². The van der Waals surface area contributed by atoms with Crippen molar-refractivity contribution in [2.24, 2.45) is 0 Å². The van der Waals surface area contributed by atoms with Crippen LogP contribution in [0.1, 0.15) is 0 Å². The molecule has 0 saturated heterocycles. The third-order valence-electron chi connectivity index (χ3n) is 9.15. The van der Waals surface area contributed by atoms with Crippen LogP contribution in [-0.2, 0) is 0 Å². The predicted molar refractivity (Wildman–Crippen MR) is 202 cm³/mol. The third-order valence-corrected chi connectivity index (χ3v) is 9.15. The van der Waals surface area contributed by atoms with Gasteiger partial charge in [-0.3, -0.25) is 4.57 Å². The molecule has 0 atom stereocenters. The lowest BCUT2D eigenvalue weighted by atomic mass is 10.0. The average molecular weight is 614 g/mol. The topological polar surface area (TPSA) is 21.1 Å². The summed E-state index contributed by atoms with van der Waals surface area (Å²) in [7, 11) is 0. The highest BCUT2D eigenvalue weighted by molar-refractivity contribution is 6.06. The minimum absolute atomic E-state index is 0.911. The Kier molecular flexibility index (Phi) is 6.80. The van der Waals surface area contributed by atoms with E-state index in [1.54, 1.807) is 0 Å². The van der Waals surface area contributed by atoms with Crippen molar-refractivity contribution in [2.45, 2.75) is 0 Å². The fourth-order valence-corrected chi connectivity index (χ4v) is 6.82. The summed E-state index contributed by atoms with van der Waals surface area (Å²) >= 11 is 0. The van der Waals surface area contributed by atoms with E-state index in [-0.39, 0.29) is 0 Å². The van der Waals surface area contributed by atoms with Gasteiger partial charge in [-0.25, -0.2) is 4.98 Å². The first-order valence-electron chi connectivity index (χ1n) is 16.3. The maximum absolute atomic E-state index is 5.34. The Hall–Kier alpha value is -6.45. The zero-order valence-corrected chi connectivity index (χ0v) is 26.2. The Labute approximate surface area is 279 Å². The molecule has 0 aliphatic heterocycles. The molecule has 0 aliphatic rings. The fraction of sp³-hybridized carbons (Fsp3) is 0. The van der Waals surface area contributed by atoms with Gasteiger partial charge in [-0.15, -0.1) is 0 Å². The van der Waals surface area contributed by atoms with Gasteiger partial charge in [-0.05, 0) is 87.9 Å². The Morgan fingerprint density at radius 2 is 1.02 bits per heavy atom. The van der Waals surface area contributed by atoms with Gasteiger partial charge in [0.1, 0.15) is 5.82 Å². The van der Waals surface area contributed by atoms with E-state index in [1.807, 2.05) is 0 Å². The van der Waals surface area contributed by atoms with Gasteiger partial charge in [0, 0.05) is 33.7 Å². The SMILES string of the molecule is c1ccc(N(c2ccc(-c3ccc4ccccc4c3)cc2)c2cccc(-c3nc4c5ccccc5ccc4n3-c3ccccc3)c2)cc1. The number of hydrogen-bond acceptors (Lipinski definition) is 2. The van der Waals surface area contributed by atoms with Gasteiger partial charge < -0.3 is 4.90 Å². The number of aromatic nitrogens is 2. The van der Waals surface area contributed by atoms with Gasteiger partial charge in [0.15, 0.2) is 0 Å². The summed E-state index contributed by atoms with van der Waals surface area (Å²) in [4.78, 5) is 7.66. The van der Waals surface area contributed by atoms with Crippen LogP contribution in [0.25, 0.3) is 60.8 Å². The molecule has 0 saturated carbocycles. The van der Waals surface area contributed by atoms with Crippen LogP contribution in [0.4, 0.5) is 17.1 Å². The van der Waals surface area contributed by atoms with Crippen molar-refractivity contribution in [1.82, 2.24) is 9.55 Å². The fourth-order valence-electron chi connectivity index (χ4n) is 6.82.